The molecule has 3 aromatic rings. The van der Waals surface area contributed by atoms with Crippen LogP contribution in [-0.4, -0.2) is 17.1 Å². The van der Waals surface area contributed by atoms with Crippen LogP contribution in [0.25, 0.3) is 6.08 Å². The first-order valence-corrected chi connectivity index (χ1v) is 12.5. The number of aliphatic hydroxyl groups is 1. The summed E-state index contributed by atoms with van der Waals surface area (Å²) in [6, 6.07) is 19.7. The molecule has 0 radical (unpaired) electrons. The van der Waals surface area contributed by atoms with Crippen LogP contribution in [0.1, 0.15) is 72.1 Å². The van der Waals surface area contributed by atoms with E-state index in [0.29, 0.717) is 17.9 Å². The normalized spacial score (nSPS) is 14.8. The molecule has 0 fully saturated rings. The SMILES string of the molecule is CC(C)c1ccc(CC(NC(=O)Cc2cccc3c2C=CCCC3)C(O)c2ccc(F)cc2)cc1. The highest BCUT2D eigenvalue weighted by molar-refractivity contribution is 5.80. The maximum Gasteiger partial charge on any atom is 0.224 e. The van der Waals surface area contributed by atoms with Gasteiger partial charge < -0.3 is 10.4 Å². The van der Waals surface area contributed by atoms with Gasteiger partial charge >= 0.3 is 0 Å². The largest absolute Gasteiger partial charge is 0.386 e. The maximum atomic E-state index is 13.5. The third kappa shape index (κ3) is 6.46. The summed E-state index contributed by atoms with van der Waals surface area (Å²) in [6.07, 6.45) is 7.22. The molecule has 182 valence electrons. The molecule has 2 unspecified atom stereocenters. The Kier molecular flexibility index (Phi) is 8.14. The molecule has 0 saturated carbocycles. The van der Waals surface area contributed by atoms with E-state index in [9.17, 15) is 14.3 Å². The first-order valence-electron chi connectivity index (χ1n) is 12.5. The summed E-state index contributed by atoms with van der Waals surface area (Å²) in [7, 11) is 0. The van der Waals surface area contributed by atoms with Crippen molar-refractivity contribution in [3.05, 3.63) is 112 Å². The Morgan fingerprint density at radius 1 is 1.00 bits per heavy atom. The van der Waals surface area contributed by atoms with Gasteiger partial charge in [0.25, 0.3) is 0 Å². The molecule has 4 heteroatoms. The lowest BCUT2D eigenvalue weighted by molar-refractivity contribution is -0.122. The highest BCUT2D eigenvalue weighted by atomic mass is 19.1. The Morgan fingerprint density at radius 3 is 2.43 bits per heavy atom. The molecule has 2 atom stereocenters. The molecule has 0 aromatic heterocycles. The van der Waals surface area contributed by atoms with Crippen molar-refractivity contribution in [2.24, 2.45) is 0 Å². The quantitative estimate of drug-likeness (QED) is 0.405. The van der Waals surface area contributed by atoms with Crippen LogP contribution in [0, 0.1) is 5.82 Å². The second kappa shape index (κ2) is 11.5. The number of benzene rings is 3. The standard InChI is InChI=1S/C31H34FNO2/c1-21(2)23-13-11-22(12-14-23)19-29(31(35)25-15-17-27(32)18-16-25)33-30(34)20-26-9-6-8-24-7-4-3-5-10-28(24)26/h5-6,8-18,21,29,31,35H,3-4,7,19-20H2,1-2H3,(H,33,34). The lowest BCUT2D eigenvalue weighted by Gasteiger charge is -2.25. The molecular weight excluding hydrogens is 437 g/mol. The summed E-state index contributed by atoms with van der Waals surface area (Å²) < 4.78 is 13.5. The van der Waals surface area contributed by atoms with Crippen molar-refractivity contribution in [2.45, 2.75) is 64.0 Å². The number of hydrogen-bond acceptors (Lipinski definition) is 2. The van der Waals surface area contributed by atoms with Crippen LogP contribution in [0.4, 0.5) is 4.39 Å². The van der Waals surface area contributed by atoms with Gasteiger partial charge in [0.15, 0.2) is 0 Å². The molecule has 0 saturated heterocycles. The van der Waals surface area contributed by atoms with Crippen molar-refractivity contribution < 1.29 is 14.3 Å². The van der Waals surface area contributed by atoms with Crippen LogP contribution >= 0.6 is 0 Å². The monoisotopic (exact) mass is 471 g/mol. The second-order valence-corrected chi connectivity index (χ2v) is 9.73. The van der Waals surface area contributed by atoms with Crippen molar-refractivity contribution in [3.63, 3.8) is 0 Å². The molecule has 0 bridgehead atoms. The molecule has 1 aliphatic rings. The van der Waals surface area contributed by atoms with Gasteiger partial charge in [-0.15, -0.1) is 0 Å². The van der Waals surface area contributed by atoms with E-state index in [0.717, 1.165) is 36.0 Å². The maximum absolute atomic E-state index is 13.5. The number of hydrogen-bond donors (Lipinski definition) is 2. The van der Waals surface area contributed by atoms with Crippen LogP contribution in [0.15, 0.2) is 72.8 Å². The number of carbonyl (C=O) groups excluding carboxylic acids is 1. The fraction of sp³-hybridized carbons (Fsp3) is 0.323. The Bertz CT molecular complexity index is 1170. The first kappa shape index (κ1) is 24.9. The third-order valence-corrected chi connectivity index (χ3v) is 6.78. The minimum Gasteiger partial charge on any atom is -0.386 e. The minimum absolute atomic E-state index is 0.138. The van der Waals surface area contributed by atoms with Crippen LogP contribution in [0.5, 0.6) is 0 Å². The smallest absolute Gasteiger partial charge is 0.224 e. The molecule has 2 N–H and O–H groups in total. The van der Waals surface area contributed by atoms with Crippen molar-refractivity contribution in [3.8, 4) is 0 Å². The van der Waals surface area contributed by atoms with Gasteiger partial charge in [-0.25, -0.2) is 4.39 Å². The zero-order chi connectivity index (χ0) is 24.8. The molecule has 35 heavy (non-hydrogen) atoms. The Labute approximate surface area is 207 Å². The molecule has 3 nitrogen and oxygen atoms in total. The molecule has 3 aromatic carbocycles. The van der Waals surface area contributed by atoms with Gasteiger partial charge in [0.1, 0.15) is 5.82 Å². The predicted molar refractivity (Wildman–Crippen MR) is 140 cm³/mol. The van der Waals surface area contributed by atoms with E-state index in [4.69, 9.17) is 0 Å². The number of aliphatic hydroxyl groups excluding tert-OH is 1. The highest BCUT2D eigenvalue weighted by Gasteiger charge is 2.24. The Hall–Kier alpha value is -3.24. The van der Waals surface area contributed by atoms with Gasteiger partial charge in [-0.05, 0) is 77.1 Å². The number of rotatable bonds is 8. The zero-order valence-corrected chi connectivity index (χ0v) is 20.5. The number of aryl methyl sites for hydroxylation is 1. The van der Waals surface area contributed by atoms with Crippen molar-refractivity contribution in [2.75, 3.05) is 0 Å². The summed E-state index contributed by atoms with van der Waals surface area (Å²) in [5.74, 6) is -0.0657. The van der Waals surface area contributed by atoms with Gasteiger partial charge in [0, 0.05) is 0 Å². The van der Waals surface area contributed by atoms with Gasteiger partial charge in [-0.2, -0.15) is 0 Å². The zero-order valence-electron chi connectivity index (χ0n) is 20.5. The molecule has 1 aliphatic carbocycles. The number of halogens is 1. The molecule has 4 rings (SSSR count). The Morgan fingerprint density at radius 2 is 1.71 bits per heavy atom. The van der Waals surface area contributed by atoms with Gasteiger partial charge in [-0.3, -0.25) is 4.79 Å². The topological polar surface area (TPSA) is 49.3 Å². The van der Waals surface area contributed by atoms with E-state index < -0.39 is 12.1 Å². The van der Waals surface area contributed by atoms with E-state index in [1.54, 1.807) is 12.1 Å². The van der Waals surface area contributed by atoms with E-state index in [-0.39, 0.29) is 18.1 Å². The molecule has 0 aliphatic heterocycles. The van der Waals surface area contributed by atoms with Crippen molar-refractivity contribution in [1.29, 1.82) is 0 Å². The summed E-state index contributed by atoms with van der Waals surface area (Å²) >= 11 is 0. The van der Waals surface area contributed by atoms with Crippen LogP contribution in [0.3, 0.4) is 0 Å². The van der Waals surface area contributed by atoms with Gasteiger partial charge in [-0.1, -0.05) is 80.6 Å². The number of nitrogens with one attached hydrogen (secondary N) is 1. The third-order valence-electron chi connectivity index (χ3n) is 6.78. The molecule has 0 heterocycles. The molecular formula is C31H34FNO2. The van der Waals surface area contributed by atoms with E-state index in [1.807, 2.05) is 24.3 Å². The fourth-order valence-electron chi connectivity index (χ4n) is 4.72. The lowest BCUT2D eigenvalue weighted by Crippen LogP contribution is -2.41. The van der Waals surface area contributed by atoms with Crippen molar-refractivity contribution >= 4 is 12.0 Å². The van der Waals surface area contributed by atoms with Gasteiger partial charge in [0.2, 0.25) is 5.91 Å². The highest BCUT2D eigenvalue weighted by Crippen LogP contribution is 2.25. The number of allylic oxidation sites excluding steroid dienone is 1. The summed E-state index contributed by atoms with van der Waals surface area (Å²) in [5.41, 5.74) is 6.25. The van der Waals surface area contributed by atoms with E-state index in [1.165, 1.54) is 23.3 Å². The second-order valence-electron chi connectivity index (χ2n) is 9.73. The molecule has 1 amide bonds. The lowest BCUT2D eigenvalue weighted by atomic mass is 9.93. The van der Waals surface area contributed by atoms with Crippen LogP contribution < -0.4 is 5.32 Å². The summed E-state index contributed by atoms with van der Waals surface area (Å²) in [5, 5.41) is 14.3. The summed E-state index contributed by atoms with van der Waals surface area (Å²) in [4.78, 5) is 13.2. The van der Waals surface area contributed by atoms with Crippen LogP contribution in [0.2, 0.25) is 0 Å². The van der Waals surface area contributed by atoms with Crippen molar-refractivity contribution in [1.82, 2.24) is 5.32 Å². The van der Waals surface area contributed by atoms with E-state index in [2.05, 4.69) is 49.5 Å². The predicted octanol–water partition coefficient (Wildman–Crippen LogP) is 6.30. The minimum atomic E-state index is -0.961. The van der Waals surface area contributed by atoms with Gasteiger partial charge in [0.05, 0.1) is 18.6 Å². The first-order chi connectivity index (χ1) is 16.9. The van der Waals surface area contributed by atoms with E-state index >= 15 is 0 Å². The average molecular weight is 472 g/mol. The Balaban J connectivity index is 1.55. The fourth-order valence-corrected chi connectivity index (χ4v) is 4.72. The summed E-state index contributed by atoms with van der Waals surface area (Å²) in [6.45, 7) is 4.30. The number of amides is 1. The molecule has 0 spiro atoms. The number of carbonyl (C=O) groups is 1. The van der Waals surface area contributed by atoms with Crippen LogP contribution in [-0.2, 0) is 24.1 Å². The average Bonchev–Trinajstić information content (AvgIpc) is 3.10. The number of fused-ring (bicyclic) bond motifs is 1.